The van der Waals surface area contributed by atoms with Crippen LogP contribution in [0.4, 0.5) is 10.5 Å². The van der Waals surface area contributed by atoms with Gasteiger partial charge in [0.15, 0.2) is 0 Å². The molecular formula is C20H31ClN4O. The van der Waals surface area contributed by atoms with Crippen molar-refractivity contribution in [2.75, 3.05) is 37.4 Å². The Labute approximate surface area is 190 Å². The number of piperazine rings is 1. The van der Waals surface area contributed by atoms with Gasteiger partial charge in [-0.3, -0.25) is 4.90 Å². The maximum Gasteiger partial charge on any atom is 0.312 e. The Hall–Kier alpha value is -1.46. The number of nitrogens with one attached hydrogen (secondary N) is 1. The Kier molecular flexibility index (Phi) is 2.16. The molecule has 6 heteroatoms. The zero-order chi connectivity index (χ0) is 36.5. The van der Waals surface area contributed by atoms with E-state index in [1.807, 2.05) is 0 Å². The van der Waals surface area contributed by atoms with Crippen molar-refractivity contribution in [3.8, 4) is 0 Å². The molecule has 144 valence electrons. The number of benzene rings is 1. The number of anilines is 1. The van der Waals surface area contributed by atoms with E-state index in [1.165, 1.54) is 24.4 Å². The maximum absolute atomic E-state index is 11.6. The first-order chi connectivity index (χ1) is 20.1. The molecule has 1 saturated heterocycles. The molecule has 1 saturated carbocycles. The molecule has 3 rings (SSSR count). The van der Waals surface area contributed by atoms with Crippen LogP contribution in [0.2, 0.25) is 5.02 Å². The number of aryl methyl sites for hydroxylation is 1. The number of carbonyl (C=O) groups excluding carboxylic acids is 1. The number of halogens is 1. The number of carbonyl (C=O) groups is 1. The topological polar surface area (TPSA) is 61.6 Å². The highest BCUT2D eigenvalue weighted by Crippen LogP contribution is 2.30. The van der Waals surface area contributed by atoms with Gasteiger partial charge in [0.05, 0.1) is 17.6 Å². The third-order valence-electron chi connectivity index (χ3n) is 3.29. The second-order valence-corrected chi connectivity index (χ2v) is 5.57. The van der Waals surface area contributed by atoms with Crippen molar-refractivity contribution in [3.63, 3.8) is 0 Å². The van der Waals surface area contributed by atoms with Crippen molar-refractivity contribution in [2.45, 2.75) is 44.8 Å². The van der Waals surface area contributed by atoms with Crippen molar-refractivity contribution in [1.82, 2.24) is 10.2 Å². The molecule has 0 spiro atoms. The van der Waals surface area contributed by atoms with Gasteiger partial charge in [0.2, 0.25) is 0 Å². The Morgan fingerprint density at radius 1 is 1.35 bits per heavy atom. The summed E-state index contributed by atoms with van der Waals surface area (Å²) < 4.78 is 171. The maximum atomic E-state index is 11.6. The number of rotatable bonds is 5. The summed E-state index contributed by atoms with van der Waals surface area (Å²) in [5, 5.41) is 1.04. The van der Waals surface area contributed by atoms with Crippen LogP contribution >= 0.6 is 11.6 Å². The first-order valence-corrected chi connectivity index (χ1v) is 7.84. The highest BCUT2D eigenvalue weighted by atomic mass is 35.5. The fourth-order valence-corrected chi connectivity index (χ4v) is 2.24. The van der Waals surface area contributed by atoms with Gasteiger partial charge in [0.25, 0.3) is 0 Å². The molecule has 0 unspecified atom stereocenters. The molecule has 1 aliphatic carbocycles. The number of hydrogen-bond acceptors (Lipinski definition) is 3. The van der Waals surface area contributed by atoms with E-state index in [9.17, 15) is 4.79 Å². The molecule has 0 atom stereocenters. The van der Waals surface area contributed by atoms with E-state index in [0.29, 0.717) is 0 Å². The lowest BCUT2D eigenvalue weighted by atomic mass is 9.84. The highest BCUT2D eigenvalue weighted by molar-refractivity contribution is 6.34. The molecule has 3 N–H and O–H groups in total. The Balaban J connectivity index is 2.32. The van der Waals surface area contributed by atoms with Crippen LogP contribution in [-0.4, -0.2) is 49.5 Å². The van der Waals surface area contributed by atoms with Crippen molar-refractivity contribution in [1.29, 1.82) is 0 Å². The number of urea groups is 1. The van der Waals surface area contributed by atoms with Crippen LogP contribution in [0.15, 0.2) is 18.2 Å². The number of nitrogens with zero attached hydrogens (tertiary/aromatic N) is 2. The fourth-order valence-electron chi connectivity index (χ4n) is 2.03. The minimum Gasteiger partial charge on any atom is -0.368 e. The van der Waals surface area contributed by atoms with Crippen LogP contribution in [0.3, 0.4) is 0 Å². The van der Waals surface area contributed by atoms with Crippen molar-refractivity contribution < 1.29 is 32.2 Å². The van der Waals surface area contributed by atoms with Crippen LogP contribution in [0.1, 0.15) is 64.8 Å². The van der Waals surface area contributed by atoms with Crippen LogP contribution in [0, 0.1) is 12.8 Å². The van der Waals surface area contributed by atoms with Gasteiger partial charge < -0.3 is 16.0 Å². The molecule has 0 bridgehead atoms. The minimum atomic E-state index is -4.40. The van der Waals surface area contributed by atoms with E-state index in [2.05, 4.69) is 0 Å². The smallest absolute Gasteiger partial charge is 0.312 e. The van der Waals surface area contributed by atoms with E-state index >= 15 is 0 Å². The van der Waals surface area contributed by atoms with Crippen molar-refractivity contribution in [3.05, 3.63) is 28.8 Å². The van der Waals surface area contributed by atoms with Crippen LogP contribution < -0.4 is 16.0 Å². The monoisotopic (exact) mass is 398 g/mol. The fraction of sp³-hybridized carbons (Fsp3) is 0.650. The Morgan fingerprint density at radius 2 is 2.04 bits per heavy atom. The summed E-state index contributed by atoms with van der Waals surface area (Å²) in [6.45, 7) is -15.6. The third kappa shape index (κ3) is 5.04. The van der Waals surface area contributed by atoms with E-state index in [0.717, 1.165) is 6.07 Å². The predicted octanol–water partition coefficient (Wildman–Crippen LogP) is 3.39. The SMILES string of the molecule is [2H]C([2H])(CN1C([2H])([2H])C([2H])([2H])N(c2cccc(C)c2Cl)C([2H])([2H])C1([2H])[2H])C1([2H])C([2H])([2H])C([2H])([2H])C([2H])(NC(N)=O)C([2H])([2H])C1([2H])[2H]. The number of primary amides is 1. The lowest BCUT2D eigenvalue weighted by Crippen LogP contribution is -2.47. The van der Waals surface area contributed by atoms with Gasteiger partial charge in [-0.2, -0.15) is 0 Å². The van der Waals surface area contributed by atoms with E-state index in [1.54, 1.807) is 0 Å². The normalized spacial score (nSPS) is 57.5. The summed E-state index contributed by atoms with van der Waals surface area (Å²) in [5.74, 6) is -4.40. The lowest BCUT2D eigenvalue weighted by Gasteiger charge is -2.37. The average Bonchev–Trinajstić information content (AvgIpc) is 2.86. The molecular weight excluding hydrogens is 348 g/mol. The zero-order valence-corrected chi connectivity index (χ0v) is 14.5. The zero-order valence-electron chi connectivity index (χ0n) is 33.7. The quantitative estimate of drug-likeness (QED) is 0.799. The van der Waals surface area contributed by atoms with Gasteiger partial charge in [0.1, 0.15) is 0 Å². The summed E-state index contributed by atoms with van der Waals surface area (Å²) in [6, 6.07) is -1.92. The number of amides is 2. The van der Waals surface area contributed by atoms with Crippen LogP contribution in [-0.2, 0) is 0 Å². The molecule has 1 aromatic carbocycles. The first kappa shape index (κ1) is 6.28. The summed E-state index contributed by atoms with van der Waals surface area (Å²) in [5.41, 5.74) is 4.71. The summed E-state index contributed by atoms with van der Waals surface area (Å²) in [7, 11) is 0. The third-order valence-corrected chi connectivity index (χ3v) is 3.78. The molecule has 2 fully saturated rings. The van der Waals surface area contributed by atoms with Gasteiger partial charge in [-0.25, -0.2) is 4.79 Å². The molecule has 0 aromatic heterocycles. The van der Waals surface area contributed by atoms with Gasteiger partial charge in [-0.05, 0) is 62.9 Å². The second kappa shape index (κ2) is 8.96. The Morgan fingerprint density at radius 3 is 2.69 bits per heavy atom. The molecule has 2 aliphatic rings. The molecule has 1 heterocycles. The molecule has 0 radical (unpaired) electrons. The standard InChI is InChI=1S/C20H31ClN4O/c1-15-3-2-4-18(19(15)21)25-13-11-24(12-14-25)10-9-16-5-7-17(8-6-16)23-20(22)26/h2-4,16-17H,5-14H2,1H3,(H3,22,23,26)/i5D2,6D2,7D2,8D2,9D2,11D2,12D2,13D2,14D2,16D,17D. The van der Waals surface area contributed by atoms with Gasteiger partial charge in [-0.1, -0.05) is 23.7 Å². The lowest BCUT2D eigenvalue weighted by molar-refractivity contribution is 0.207. The first-order valence-electron chi connectivity index (χ1n) is 17.5. The van der Waals surface area contributed by atoms with Gasteiger partial charge in [0, 0.05) is 52.6 Å². The number of nitrogens with two attached hydrogens (primary N) is 1. The van der Waals surface area contributed by atoms with E-state index in [-0.39, 0.29) is 20.4 Å². The predicted molar refractivity (Wildman–Crippen MR) is 108 cm³/mol. The van der Waals surface area contributed by atoms with Crippen LogP contribution in [0.25, 0.3) is 0 Å². The van der Waals surface area contributed by atoms with E-state index in [4.69, 9.17) is 44.7 Å². The largest absolute Gasteiger partial charge is 0.368 e. The summed E-state index contributed by atoms with van der Waals surface area (Å²) >= 11 is 6.28. The molecule has 5 nitrogen and oxygen atoms in total. The second-order valence-electron chi connectivity index (χ2n) is 5.19. The molecule has 1 aliphatic heterocycles. The van der Waals surface area contributed by atoms with Crippen LogP contribution in [0.5, 0.6) is 0 Å². The average molecular weight is 399 g/mol. The molecule has 2 amide bonds. The minimum absolute atomic E-state index is 0.0677. The van der Waals surface area contributed by atoms with Crippen molar-refractivity contribution in [2.24, 2.45) is 11.6 Å². The highest BCUT2D eigenvalue weighted by Gasteiger charge is 2.24. The molecule has 26 heavy (non-hydrogen) atoms. The summed E-state index contributed by atoms with van der Waals surface area (Å²) in [6.07, 6.45) is -21.2. The van der Waals surface area contributed by atoms with Gasteiger partial charge >= 0.3 is 6.03 Å². The van der Waals surface area contributed by atoms with Crippen molar-refractivity contribution >= 4 is 23.3 Å². The van der Waals surface area contributed by atoms with E-state index < -0.39 is 88.0 Å². The Bertz CT molecular complexity index is 1360. The van der Waals surface area contributed by atoms with Gasteiger partial charge in [-0.15, -0.1) is 0 Å². The molecule has 1 aromatic rings. The summed E-state index contributed by atoms with van der Waals surface area (Å²) in [4.78, 5) is 11.3. The number of hydrogen-bond donors (Lipinski definition) is 2.